The van der Waals surface area contributed by atoms with Crippen LogP contribution in [0.1, 0.15) is 77.0 Å². The van der Waals surface area contributed by atoms with Crippen molar-refractivity contribution in [2.45, 2.75) is 77.0 Å². The van der Waals surface area contributed by atoms with Gasteiger partial charge in [-0.25, -0.2) is 0 Å². The molecule has 0 saturated heterocycles. The Morgan fingerprint density at radius 3 is 1.00 bits per heavy atom. The van der Waals surface area contributed by atoms with Crippen LogP contribution in [-0.4, -0.2) is 0 Å². The van der Waals surface area contributed by atoms with Gasteiger partial charge in [0.15, 0.2) is 0 Å². The van der Waals surface area contributed by atoms with Crippen LogP contribution in [0.2, 0.25) is 0 Å². The minimum absolute atomic E-state index is 0.872. The SMILES string of the molecule is C1CC2CCC3CC24CC1C1CCC2CCC3CC24C1. The largest absolute Gasteiger partial charge is 0.0499 e. The summed E-state index contributed by atoms with van der Waals surface area (Å²) < 4.78 is 0. The lowest BCUT2D eigenvalue weighted by Gasteiger charge is -2.75. The van der Waals surface area contributed by atoms with E-state index in [1.165, 1.54) is 0 Å². The van der Waals surface area contributed by atoms with Gasteiger partial charge in [0.05, 0.1) is 0 Å². The second-order valence-electron chi connectivity index (χ2n) is 9.87. The van der Waals surface area contributed by atoms with Crippen molar-refractivity contribution in [1.82, 2.24) is 0 Å². The van der Waals surface area contributed by atoms with Gasteiger partial charge in [0.1, 0.15) is 0 Å². The maximum Gasteiger partial charge on any atom is -0.0204 e. The molecule has 20 heavy (non-hydrogen) atoms. The minimum atomic E-state index is 0.872. The van der Waals surface area contributed by atoms with Crippen LogP contribution in [0.15, 0.2) is 0 Å². The van der Waals surface area contributed by atoms with Gasteiger partial charge in [-0.05, 0) is 123 Å². The quantitative estimate of drug-likeness (QED) is 0.551. The Kier molecular flexibility index (Phi) is 2.02. The van der Waals surface area contributed by atoms with Crippen LogP contribution in [0.5, 0.6) is 0 Å². The summed E-state index contributed by atoms with van der Waals surface area (Å²) >= 11 is 0. The molecule has 0 N–H and O–H groups in total. The summed E-state index contributed by atoms with van der Waals surface area (Å²) in [6.07, 6.45) is 19.8. The van der Waals surface area contributed by atoms with Gasteiger partial charge in [0.25, 0.3) is 0 Å². The van der Waals surface area contributed by atoms with Gasteiger partial charge in [-0.3, -0.25) is 0 Å². The highest BCUT2D eigenvalue weighted by Crippen LogP contribution is 2.79. The maximum absolute atomic E-state index is 1.70. The first kappa shape index (κ1) is 11.6. The van der Waals surface area contributed by atoms with Crippen LogP contribution >= 0.6 is 0 Å². The second kappa shape index (κ2) is 3.49. The fourth-order valence-corrected chi connectivity index (χ4v) is 9.40. The third-order valence-corrected chi connectivity index (χ3v) is 9.94. The molecule has 0 aromatic carbocycles. The van der Waals surface area contributed by atoms with Crippen LogP contribution < -0.4 is 0 Å². The van der Waals surface area contributed by atoms with Crippen molar-refractivity contribution in [3.63, 3.8) is 0 Å². The Hall–Kier alpha value is 0. The standard InChI is InChI=1S/C20H30/c1-5-17-6-3-15-11-19(17)9-13(1)14-2-7-18-8-4-16(15)12-20(18,19)10-14/h13-18H,1-12H2. The highest BCUT2D eigenvalue weighted by Gasteiger charge is 2.70. The summed E-state index contributed by atoms with van der Waals surface area (Å²) in [7, 11) is 0. The van der Waals surface area contributed by atoms with Gasteiger partial charge in [-0.1, -0.05) is 0 Å². The van der Waals surface area contributed by atoms with Crippen LogP contribution in [-0.2, 0) is 0 Å². The van der Waals surface area contributed by atoms with Crippen molar-refractivity contribution < 1.29 is 0 Å². The molecule has 0 heterocycles. The average molecular weight is 270 g/mol. The number of fused-ring (bicyclic) bond motifs is 6. The third kappa shape index (κ3) is 1.09. The minimum Gasteiger partial charge on any atom is -0.0499 e. The fourth-order valence-electron chi connectivity index (χ4n) is 9.40. The maximum atomic E-state index is 1.70. The Morgan fingerprint density at radius 1 is 0.400 bits per heavy atom. The Morgan fingerprint density at radius 2 is 0.700 bits per heavy atom. The predicted molar refractivity (Wildman–Crippen MR) is 81.2 cm³/mol. The lowest BCUT2D eigenvalue weighted by Crippen LogP contribution is -2.67. The zero-order valence-corrected chi connectivity index (χ0v) is 12.9. The first-order valence-electron chi connectivity index (χ1n) is 9.81. The second-order valence-corrected chi connectivity index (χ2v) is 9.87. The van der Waals surface area contributed by atoms with Gasteiger partial charge in [0.2, 0.25) is 0 Å². The third-order valence-electron chi connectivity index (χ3n) is 9.94. The smallest absolute Gasteiger partial charge is 0.0204 e. The normalized spacial score (nSPS) is 66.0. The van der Waals surface area contributed by atoms with E-state index in [1.54, 1.807) is 77.0 Å². The van der Waals surface area contributed by atoms with E-state index in [9.17, 15) is 0 Å². The van der Waals surface area contributed by atoms with Crippen molar-refractivity contribution in [3.8, 4) is 0 Å². The zero-order valence-electron chi connectivity index (χ0n) is 12.9. The van der Waals surface area contributed by atoms with Gasteiger partial charge < -0.3 is 0 Å². The molecule has 6 bridgehead atoms. The summed E-state index contributed by atoms with van der Waals surface area (Å²) in [6.45, 7) is 0. The molecule has 2 spiro atoms. The molecule has 0 aromatic rings. The first-order chi connectivity index (χ1) is 9.81. The van der Waals surface area contributed by atoms with Gasteiger partial charge in [-0.2, -0.15) is 0 Å². The summed E-state index contributed by atoms with van der Waals surface area (Å²) in [5.74, 6) is 6.97. The Bertz CT molecular complexity index is 375. The summed E-state index contributed by atoms with van der Waals surface area (Å²) in [6, 6.07) is 0. The van der Waals surface area contributed by atoms with E-state index in [1.807, 2.05) is 0 Å². The molecule has 4 atom stereocenters. The summed E-state index contributed by atoms with van der Waals surface area (Å²) in [5, 5.41) is 0. The molecule has 0 amide bonds. The van der Waals surface area contributed by atoms with E-state index in [0.29, 0.717) is 0 Å². The number of hydrogen-bond acceptors (Lipinski definition) is 0. The number of rotatable bonds is 0. The van der Waals surface area contributed by atoms with Crippen molar-refractivity contribution in [2.24, 2.45) is 46.3 Å². The summed E-state index contributed by atoms with van der Waals surface area (Å²) in [5.41, 5.74) is 1.74. The molecule has 6 aliphatic carbocycles. The van der Waals surface area contributed by atoms with Gasteiger partial charge >= 0.3 is 0 Å². The van der Waals surface area contributed by atoms with E-state index in [2.05, 4.69) is 0 Å². The van der Waals surface area contributed by atoms with E-state index in [0.717, 1.165) is 46.3 Å². The highest BCUT2D eigenvalue weighted by atomic mass is 14.7. The van der Waals surface area contributed by atoms with Crippen LogP contribution in [0.25, 0.3) is 0 Å². The molecule has 0 nitrogen and oxygen atoms in total. The molecule has 0 aromatic heterocycles. The highest BCUT2D eigenvalue weighted by molar-refractivity contribution is 5.19. The first-order valence-corrected chi connectivity index (χ1v) is 9.81. The molecule has 6 aliphatic rings. The Labute approximate surface area is 124 Å². The van der Waals surface area contributed by atoms with Crippen molar-refractivity contribution >= 4 is 0 Å². The van der Waals surface area contributed by atoms with E-state index in [-0.39, 0.29) is 0 Å². The molecule has 6 saturated carbocycles. The Balaban J connectivity index is 1.57. The van der Waals surface area contributed by atoms with Crippen molar-refractivity contribution in [1.29, 1.82) is 0 Å². The topological polar surface area (TPSA) is 0 Å². The molecule has 0 radical (unpaired) electrons. The molecule has 4 unspecified atom stereocenters. The van der Waals surface area contributed by atoms with Gasteiger partial charge in [0, 0.05) is 0 Å². The molecular formula is C20H30. The van der Waals surface area contributed by atoms with Crippen LogP contribution in [0.4, 0.5) is 0 Å². The van der Waals surface area contributed by atoms with E-state index >= 15 is 0 Å². The zero-order chi connectivity index (χ0) is 12.9. The monoisotopic (exact) mass is 270 g/mol. The molecule has 0 aliphatic heterocycles. The van der Waals surface area contributed by atoms with Crippen LogP contribution in [0.3, 0.4) is 0 Å². The van der Waals surface area contributed by atoms with E-state index in [4.69, 9.17) is 0 Å². The summed E-state index contributed by atoms with van der Waals surface area (Å²) in [4.78, 5) is 0. The molecule has 0 heteroatoms. The molecule has 6 rings (SSSR count). The lowest BCUT2D eigenvalue weighted by atomic mass is 9.29. The fraction of sp³-hybridized carbons (Fsp3) is 1.00. The van der Waals surface area contributed by atoms with E-state index < -0.39 is 0 Å². The number of hydrogen-bond donors (Lipinski definition) is 0. The molecular weight excluding hydrogens is 240 g/mol. The molecule has 110 valence electrons. The predicted octanol–water partition coefficient (Wildman–Crippen LogP) is 5.42. The van der Waals surface area contributed by atoms with Crippen molar-refractivity contribution in [2.75, 3.05) is 0 Å². The van der Waals surface area contributed by atoms with Crippen LogP contribution in [0, 0.1) is 46.3 Å². The van der Waals surface area contributed by atoms with Gasteiger partial charge in [-0.15, -0.1) is 0 Å². The average Bonchev–Trinajstić information content (AvgIpc) is 2.50. The lowest BCUT2D eigenvalue weighted by molar-refractivity contribution is -0.262. The van der Waals surface area contributed by atoms with Crippen molar-refractivity contribution in [3.05, 3.63) is 0 Å². The molecule has 6 fully saturated rings.